The predicted octanol–water partition coefficient (Wildman–Crippen LogP) is 5.67. The zero-order valence-electron chi connectivity index (χ0n) is 19.5. The first-order valence-corrected chi connectivity index (χ1v) is 11.9. The lowest BCUT2D eigenvalue weighted by Gasteiger charge is -2.21. The van der Waals surface area contributed by atoms with E-state index in [1.165, 1.54) is 18.2 Å². The zero-order valence-corrected chi connectivity index (χ0v) is 19.5. The van der Waals surface area contributed by atoms with Crippen LogP contribution in [0.1, 0.15) is 36.2 Å². The van der Waals surface area contributed by atoms with Gasteiger partial charge in [-0.2, -0.15) is 13.2 Å². The van der Waals surface area contributed by atoms with Crippen molar-refractivity contribution in [3.05, 3.63) is 71.1 Å². The van der Waals surface area contributed by atoms with Crippen molar-refractivity contribution in [3.63, 3.8) is 0 Å². The second-order valence-electron chi connectivity index (χ2n) is 9.95. The van der Waals surface area contributed by atoms with Crippen molar-refractivity contribution in [1.29, 1.82) is 0 Å². The fraction of sp³-hybridized carbons (Fsp3) is 0.462. The van der Waals surface area contributed by atoms with Gasteiger partial charge in [0.2, 0.25) is 0 Å². The Labute approximate surface area is 200 Å². The number of piperidine rings is 1. The van der Waals surface area contributed by atoms with Crippen LogP contribution in [0.4, 0.5) is 22.0 Å². The van der Waals surface area contributed by atoms with Gasteiger partial charge in [-0.1, -0.05) is 12.1 Å². The minimum Gasteiger partial charge on any atom is -0.314 e. The molecule has 1 aliphatic carbocycles. The molecule has 0 spiro atoms. The summed E-state index contributed by atoms with van der Waals surface area (Å²) in [5.74, 6) is 0.127. The molecule has 4 nitrogen and oxygen atoms in total. The molecule has 2 atom stereocenters. The highest BCUT2D eigenvalue weighted by Gasteiger charge is 2.58. The largest absolute Gasteiger partial charge is 0.416 e. The predicted molar refractivity (Wildman–Crippen MR) is 121 cm³/mol. The molecule has 9 heteroatoms. The maximum absolute atomic E-state index is 13.6. The summed E-state index contributed by atoms with van der Waals surface area (Å²) in [5.41, 5.74) is 1.07. The van der Waals surface area contributed by atoms with E-state index in [1.54, 1.807) is 12.1 Å². The van der Waals surface area contributed by atoms with Gasteiger partial charge in [-0.15, -0.1) is 10.2 Å². The molecule has 1 saturated carbocycles. The number of likely N-dealkylation sites (tertiary alicyclic amines) is 1. The van der Waals surface area contributed by atoms with Gasteiger partial charge in [-0.3, -0.25) is 0 Å². The van der Waals surface area contributed by atoms with Crippen molar-refractivity contribution < 1.29 is 22.0 Å². The monoisotopic (exact) mass is 490 g/mol. The van der Waals surface area contributed by atoms with Crippen LogP contribution >= 0.6 is 0 Å². The molecule has 2 aromatic carbocycles. The first kappa shape index (κ1) is 23.9. The lowest BCUT2D eigenvalue weighted by molar-refractivity contribution is -0.137. The third-order valence-electron chi connectivity index (χ3n) is 7.48. The Hall–Kier alpha value is -2.81. The van der Waals surface area contributed by atoms with E-state index in [4.69, 9.17) is 0 Å². The molecule has 0 radical (unpaired) electrons. The van der Waals surface area contributed by atoms with E-state index in [9.17, 15) is 22.0 Å². The van der Waals surface area contributed by atoms with Gasteiger partial charge in [0.1, 0.15) is 5.82 Å². The molecule has 1 aliphatic heterocycles. The van der Waals surface area contributed by atoms with Crippen molar-refractivity contribution in [3.8, 4) is 11.4 Å². The standard InChI is InChI=1S/C26H27F5N4/c1-34-23(32-33-24(34)18-7-10-21(27)22(28)12-18)4-2-3-11-35-15-20-14-25(20,16-35)13-17-5-8-19(9-6-17)26(29,30)31/h5-10,12,20H,2-4,11,13-16H2,1H3/t20-,25+/m0/s1. The van der Waals surface area contributed by atoms with Crippen LogP contribution in [-0.4, -0.2) is 39.3 Å². The normalized spacial score (nSPS) is 21.9. The van der Waals surface area contributed by atoms with Crippen molar-refractivity contribution in [1.82, 2.24) is 19.7 Å². The molecule has 2 fully saturated rings. The second kappa shape index (κ2) is 9.00. The van der Waals surface area contributed by atoms with Gasteiger partial charge in [0.05, 0.1) is 5.56 Å². The number of rotatable bonds is 8. The number of fused-ring (bicyclic) bond motifs is 1. The van der Waals surface area contributed by atoms with Crippen molar-refractivity contribution in [2.45, 2.75) is 38.3 Å². The number of halogens is 5. The second-order valence-corrected chi connectivity index (χ2v) is 9.95. The first-order chi connectivity index (χ1) is 16.6. The Kier molecular flexibility index (Phi) is 6.15. The molecule has 2 heterocycles. The van der Waals surface area contributed by atoms with E-state index >= 15 is 0 Å². The maximum atomic E-state index is 13.6. The maximum Gasteiger partial charge on any atom is 0.416 e. The Morgan fingerprint density at radius 1 is 1.00 bits per heavy atom. The van der Waals surface area contributed by atoms with Crippen LogP contribution in [0.2, 0.25) is 0 Å². The summed E-state index contributed by atoms with van der Waals surface area (Å²) in [6.07, 6.45) is 0.344. The van der Waals surface area contributed by atoms with Gasteiger partial charge in [-0.25, -0.2) is 8.78 Å². The Bertz CT molecular complexity index is 1200. The summed E-state index contributed by atoms with van der Waals surface area (Å²) in [5, 5.41) is 8.37. The molecule has 0 bridgehead atoms. The molecule has 0 N–H and O–H groups in total. The molecule has 0 amide bonds. The SMILES string of the molecule is Cn1c(CCCCN2C[C@@H]3C[C@]3(Cc3ccc(C(F)(F)F)cc3)C2)nnc1-c1ccc(F)c(F)c1. The highest BCUT2D eigenvalue weighted by molar-refractivity contribution is 5.55. The van der Waals surface area contributed by atoms with E-state index < -0.39 is 23.4 Å². The molecule has 5 rings (SSSR count). The average molecular weight is 491 g/mol. The van der Waals surface area contributed by atoms with Crippen LogP contribution < -0.4 is 0 Å². The minimum atomic E-state index is -4.30. The number of hydrogen-bond acceptors (Lipinski definition) is 3. The Balaban J connectivity index is 1.09. The molecule has 186 valence electrons. The lowest BCUT2D eigenvalue weighted by Crippen LogP contribution is -2.27. The minimum absolute atomic E-state index is 0.211. The fourth-order valence-corrected chi connectivity index (χ4v) is 5.45. The molecular weight excluding hydrogens is 463 g/mol. The lowest BCUT2D eigenvalue weighted by atomic mass is 9.95. The number of aryl methyl sites for hydroxylation is 1. The average Bonchev–Trinajstić information content (AvgIpc) is 3.14. The number of unbranched alkanes of at least 4 members (excludes halogenated alkanes) is 1. The summed E-state index contributed by atoms with van der Waals surface area (Å²) in [6.45, 7) is 3.01. The van der Waals surface area contributed by atoms with Crippen LogP contribution in [0, 0.1) is 23.0 Å². The first-order valence-electron chi connectivity index (χ1n) is 11.9. The molecule has 3 aromatic rings. The smallest absolute Gasteiger partial charge is 0.314 e. The molecule has 1 aromatic heterocycles. The summed E-state index contributed by atoms with van der Waals surface area (Å²) >= 11 is 0. The fourth-order valence-electron chi connectivity index (χ4n) is 5.45. The number of nitrogens with zero attached hydrogens (tertiary/aromatic N) is 4. The van der Waals surface area contributed by atoms with Crippen molar-refractivity contribution in [2.75, 3.05) is 19.6 Å². The van der Waals surface area contributed by atoms with Gasteiger partial charge in [0.15, 0.2) is 17.5 Å². The van der Waals surface area contributed by atoms with Gasteiger partial charge >= 0.3 is 6.18 Å². The molecule has 0 unspecified atom stereocenters. The highest BCUT2D eigenvalue weighted by Crippen LogP contribution is 2.59. The molecule has 35 heavy (non-hydrogen) atoms. The van der Waals surface area contributed by atoms with E-state index in [1.807, 2.05) is 11.6 Å². The summed E-state index contributed by atoms with van der Waals surface area (Å²) in [4.78, 5) is 2.46. The topological polar surface area (TPSA) is 34.0 Å². The van der Waals surface area contributed by atoms with Crippen LogP contribution in [0.15, 0.2) is 42.5 Å². The molecule has 2 aliphatic rings. The Morgan fingerprint density at radius 2 is 1.77 bits per heavy atom. The van der Waals surface area contributed by atoms with E-state index in [2.05, 4.69) is 15.1 Å². The zero-order chi connectivity index (χ0) is 24.8. The quantitative estimate of drug-likeness (QED) is 0.302. The third-order valence-corrected chi connectivity index (χ3v) is 7.48. The van der Waals surface area contributed by atoms with E-state index in [0.717, 1.165) is 75.3 Å². The van der Waals surface area contributed by atoms with Gasteiger partial charge in [-0.05, 0) is 79.5 Å². The van der Waals surface area contributed by atoms with E-state index in [-0.39, 0.29) is 5.41 Å². The Morgan fingerprint density at radius 3 is 2.49 bits per heavy atom. The summed E-state index contributed by atoms with van der Waals surface area (Å²) < 4.78 is 67.0. The number of alkyl halides is 3. The van der Waals surface area contributed by atoms with E-state index in [0.29, 0.717) is 17.3 Å². The number of benzene rings is 2. The summed E-state index contributed by atoms with van der Waals surface area (Å²) in [6, 6.07) is 9.30. The van der Waals surface area contributed by atoms with Crippen molar-refractivity contribution >= 4 is 0 Å². The summed E-state index contributed by atoms with van der Waals surface area (Å²) in [7, 11) is 1.82. The third kappa shape index (κ3) is 4.96. The number of hydrogen-bond donors (Lipinski definition) is 0. The molecular formula is C26H27F5N4. The van der Waals surface area contributed by atoms with Crippen LogP contribution in [0.5, 0.6) is 0 Å². The van der Waals surface area contributed by atoms with Crippen molar-refractivity contribution in [2.24, 2.45) is 18.4 Å². The van der Waals surface area contributed by atoms with Gasteiger partial charge in [0.25, 0.3) is 0 Å². The van der Waals surface area contributed by atoms with Gasteiger partial charge < -0.3 is 9.47 Å². The number of aromatic nitrogens is 3. The van der Waals surface area contributed by atoms with Crippen LogP contribution in [0.25, 0.3) is 11.4 Å². The van der Waals surface area contributed by atoms with Gasteiger partial charge in [0, 0.05) is 32.1 Å². The highest BCUT2D eigenvalue weighted by atomic mass is 19.4. The molecule has 1 saturated heterocycles. The van der Waals surface area contributed by atoms with Crippen LogP contribution in [-0.2, 0) is 26.1 Å². The van der Waals surface area contributed by atoms with Crippen LogP contribution in [0.3, 0.4) is 0 Å².